The number of hydrogen-bond donors (Lipinski definition) is 0. The van der Waals surface area contributed by atoms with Crippen LogP contribution in [-0.2, 0) is 19.4 Å². The molecule has 0 atom stereocenters. The van der Waals surface area contributed by atoms with Gasteiger partial charge in [0.25, 0.3) is 0 Å². The second-order valence-corrected chi connectivity index (χ2v) is 6.64. The number of hydrogen-bond acceptors (Lipinski definition) is 5. The lowest BCUT2D eigenvalue weighted by atomic mass is 9.91. The molecular formula is C12H17N2O4S-. The molecular weight excluding hydrogens is 268 g/mol. The van der Waals surface area contributed by atoms with Crippen LogP contribution in [0.4, 0.5) is 0 Å². The molecule has 0 aliphatic heterocycles. The van der Waals surface area contributed by atoms with E-state index in [0.29, 0.717) is 6.42 Å². The molecule has 0 radical (unpaired) electrons. The Labute approximate surface area is 113 Å². The molecule has 0 N–H and O–H groups in total. The highest BCUT2D eigenvalue weighted by atomic mass is 32.2. The Kier molecular flexibility index (Phi) is 6.46. The standard InChI is InChI=1S/C12H17N2O4S/c1-4-12(2,3)11(15)18-6-5-7-19(16,17)10(8-13)9-14/h4-7H2,1-3H3/q-1. The lowest BCUT2D eigenvalue weighted by molar-refractivity contribution is -0.154. The fourth-order valence-corrected chi connectivity index (χ4v) is 2.00. The minimum atomic E-state index is -3.86. The summed E-state index contributed by atoms with van der Waals surface area (Å²) in [6.45, 7) is 5.28. The number of carbonyl (C=O) groups excluding carboxylic acids is 1. The van der Waals surface area contributed by atoms with E-state index in [1.54, 1.807) is 13.8 Å². The third kappa shape index (κ3) is 5.25. The van der Waals surface area contributed by atoms with Crippen molar-refractivity contribution >= 4 is 21.7 Å². The average Bonchev–Trinajstić information content (AvgIpc) is 2.35. The SMILES string of the molecule is CCC(C)(C)C(=O)OCCCS(=O)(=O)C(=C=[N-])C#N. The van der Waals surface area contributed by atoms with Crippen molar-refractivity contribution in [3.63, 3.8) is 0 Å². The lowest BCUT2D eigenvalue weighted by Crippen LogP contribution is -2.26. The van der Waals surface area contributed by atoms with Crippen LogP contribution in [0.25, 0.3) is 5.41 Å². The van der Waals surface area contributed by atoms with Crippen LogP contribution in [0.15, 0.2) is 4.91 Å². The highest BCUT2D eigenvalue weighted by molar-refractivity contribution is 7.95. The number of esters is 1. The Bertz CT molecular complexity index is 522. The van der Waals surface area contributed by atoms with Gasteiger partial charge in [-0.15, -0.1) is 0 Å². The van der Waals surface area contributed by atoms with Gasteiger partial charge in [-0.25, -0.2) is 14.3 Å². The molecule has 0 spiro atoms. The molecule has 0 aromatic heterocycles. The highest BCUT2D eigenvalue weighted by Gasteiger charge is 2.27. The number of sulfone groups is 1. The molecule has 0 fully saturated rings. The third-order valence-electron chi connectivity index (χ3n) is 2.74. The Morgan fingerprint density at radius 3 is 2.42 bits per heavy atom. The average molecular weight is 285 g/mol. The van der Waals surface area contributed by atoms with E-state index < -0.39 is 26.1 Å². The minimum absolute atomic E-state index is 0.0500. The number of rotatable bonds is 7. The summed E-state index contributed by atoms with van der Waals surface area (Å²) < 4.78 is 27.9. The van der Waals surface area contributed by atoms with E-state index in [2.05, 4.69) is 0 Å². The number of ether oxygens (including phenoxy) is 1. The maximum Gasteiger partial charge on any atom is 0.311 e. The zero-order valence-corrected chi connectivity index (χ0v) is 12.1. The zero-order valence-electron chi connectivity index (χ0n) is 11.3. The topological polar surface area (TPSA) is 107 Å². The molecule has 106 valence electrons. The van der Waals surface area contributed by atoms with Crippen LogP contribution in [0.1, 0.15) is 33.6 Å². The molecule has 0 aliphatic carbocycles. The van der Waals surface area contributed by atoms with Crippen molar-refractivity contribution in [1.29, 1.82) is 5.26 Å². The van der Waals surface area contributed by atoms with Gasteiger partial charge in [-0.3, -0.25) is 4.79 Å². The van der Waals surface area contributed by atoms with Crippen LogP contribution in [0, 0.1) is 16.7 Å². The Morgan fingerprint density at radius 2 is 2.00 bits per heavy atom. The summed E-state index contributed by atoms with van der Waals surface area (Å²) in [5, 5.41) is 16.9. The lowest BCUT2D eigenvalue weighted by Gasteiger charge is -2.20. The molecule has 0 amide bonds. The van der Waals surface area contributed by atoms with Crippen molar-refractivity contribution in [2.24, 2.45) is 5.41 Å². The second kappa shape index (κ2) is 7.07. The summed E-state index contributed by atoms with van der Waals surface area (Å²) in [7, 11) is -3.86. The van der Waals surface area contributed by atoms with Gasteiger partial charge in [0.15, 0.2) is 14.7 Å². The number of carbonyl (C=O) groups is 1. The number of nitrogens with zero attached hydrogens (tertiary/aromatic N) is 2. The fourth-order valence-electron chi connectivity index (χ4n) is 1.02. The van der Waals surface area contributed by atoms with E-state index in [1.165, 1.54) is 11.9 Å². The first kappa shape index (κ1) is 17.4. The second-order valence-electron chi connectivity index (χ2n) is 4.60. The molecule has 6 nitrogen and oxygen atoms in total. The molecule has 0 unspecified atom stereocenters. The summed E-state index contributed by atoms with van der Waals surface area (Å²) in [5.74, 6) is 0.558. The largest absolute Gasteiger partial charge is 0.762 e. The summed E-state index contributed by atoms with van der Waals surface area (Å²) in [5.41, 5.74) is -0.602. The van der Waals surface area contributed by atoms with Gasteiger partial charge in [0.05, 0.1) is 17.8 Å². The zero-order chi connectivity index (χ0) is 15.1. The number of nitriles is 1. The van der Waals surface area contributed by atoms with Crippen LogP contribution in [-0.4, -0.2) is 32.6 Å². The van der Waals surface area contributed by atoms with Crippen molar-refractivity contribution in [2.75, 3.05) is 12.4 Å². The predicted octanol–water partition coefficient (Wildman–Crippen LogP) is 1.42. The third-order valence-corrected chi connectivity index (χ3v) is 4.37. The highest BCUT2D eigenvalue weighted by Crippen LogP contribution is 2.21. The normalized spacial score (nSPS) is 11.3. The first-order valence-corrected chi connectivity index (χ1v) is 7.43. The molecule has 0 rings (SSSR count). The van der Waals surface area contributed by atoms with Crippen LogP contribution in [0.3, 0.4) is 0 Å². The van der Waals surface area contributed by atoms with E-state index in [9.17, 15) is 13.2 Å². The van der Waals surface area contributed by atoms with E-state index >= 15 is 0 Å². The Morgan fingerprint density at radius 1 is 1.42 bits per heavy atom. The molecule has 0 heterocycles. The summed E-state index contributed by atoms with van der Waals surface area (Å²) in [6.07, 6.45) is 0.672. The summed E-state index contributed by atoms with van der Waals surface area (Å²) in [4.78, 5) is 10.8. The van der Waals surface area contributed by atoms with Crippen molar-refractivity contribution in [2.45, 2.75) is 33.6 Å². The molecule has 0 saturated heterocycles. The van der Waals surface area contributed by atoms with Gasteiger partial charge < -0.3 is 10.1 Å². The Balaban J connectivity index is 4.32. The maximum absolute atomic E-state index is 11.6. The molecule has 0 saturated carbocycles. The predicted molar refractivity (Wildman–Crippen MR) is 70.9 cm³/mol. The maximum atomic E-state index is 11.6. The van der Waals surface area contributed by atoms with Gasteiger partial charge in [-0.1, -0.05) is 6.92 Å². The van der Waals surface area contributed by atoms with Crippen LogP contribution < -0.4 is 0 Å². The van der Waals surface area contributed by atoms with Gasteiger partial charge in [0.1, 0.15) is 6.07 Å². The molecule has 19 heavy (non-hydrogen) atoms. The van der Waals surface area contributed by atoms with Crippen molar-refractivity contribution in [3.05, 3.63) is 10.3 Å². The van der Waals surface area contributed by atoms with Crippen molar-refractivity contribution in [3.8, 4) is 6.07 Å². The van der Waals surface area contributed by atoms with Crippen LogP contribution >= 0.6 is 0 Å². The summed E-state index contributed by atoms with van der Waals surface area (Å²) in [6, 6.07) is 1.33. The molecule has 7 heteroatoms. The first-order chi connectivity index (χ1) is 8.71. The molecule has 0 bridgehead atoms. The molecule has 0 aromatic rings. The molecule has 0 aromatic carbocycles. The van der Waals surface area contributed by atoms with Gasteiger partial charge in [-0.05, 0) is 26.7 Å². The van der Waals surface area contributed by atoms with E-state index in [4.69, 9.17) is 15.4 Å². The van der Waals surface area contributed by atoms with E-state index in [0.717, 1.165) is 0 Å². The van der Waals surface area contributed by atoms with Gasteiger partial charge in [0.2, 0.25) is 0 Å². The fraction of sp³-hybridized carbons (Fsp3) is 0.667. The molecule has 0 aliphatic rings. The smallest absolute Gasteiger partial charge is 0.311 e. The van der Waals surface area contributed by atoms with E-state index in [-0.39, 0.29) is 18.8 Å². The van der Waals surface area contributed by atoms with E-state index in [1.807, 2.05) is 6.92 Å². The van der Waals surface area contributed by atoms with Crippen LogP contribution in [0.5, 0.6) is 0 Å². The van der Waals surface area contributed by atoms with Gasteiger partial charge >= 0.3 is 5.97 Å². The van der Waals surface area contributed by atoms with Crippen molar-refractivity contribution in [1.82, 2.24) is 0 Å². The van der Waals surface area contributed by atoms with Crippen molar-refractivity contribution < 1.29 is 17.9 Å². The van der Waals surface area contributed by atoms with Gasteiger partial charge in [0, 0.05) is 0 Å². The monoisotopic (exact) mass is 285 g/mol. The van der Waals surface area contributed by atoms with Crippen LogP contribution in [0.2, 0.25) is 0 Å². The van der Waals surface area contributed by atoms with Gasteiger partial charge in [-0.2, -0.15) is 5.26 Å². The quantitative estimate of drug-likeness (QED) is 0.304. The summed E-state index contributed by atoms with van der Waals surface area (Å²) >= 11 is 0. The Hall–Kier alpha value is -1.64. The minimum Gasteiger partial charge on any atom is -0.762 e. The first-order valence-electron chi connectivity index (χ1n) is 5.78. The number of allylic oxidation sites excluding steroid dienone is 1.